The number of benzene rings is 9. The van der Waals surface area contributed by atoms with Crippen molar-refractivity contribution >= 4 is 39.0 Å². The largest absolute Gasteiger partial charge is 0.455 e. The van der Waals surface area contributed by atoms with Crippen molar-refractivity contribution in [1.29, 1.82) is 0 Å². The van der Waals surface area contributed by atoms with Crippen molar-refractivity contribution in [2.75, 3.05) is 4.90 Å². The fourth-order valence-electron chi connectivity index (χ4n) is 8.96. The van der Waals surface area contributed by atoms with Gasteiger partial charge in [-0.2, -0.15) is 0 Å². The molecule has 1 aliphatic carbocycles. The Balaban J connectivity index is 1.17. The topological polar surface area (TPSA) is 16.4 Å². The van der Waals surface area contributed by atoms with Gasteiger partial charge in [-0.25, -0.2) is 0 Å². The van der Waals surface area contributed by atoms with Crippen LogP contribution in [0.15, 0.2) is 229 Å². The standard InChI is InChI=1S/C55H37NO/c1-4-16-38(17-5-1)39-28-32-43(33-29-39)56(51-37-36-45(40-18-6-2-7-19-40)54-53(51)48-24-12-15-27-52(48)57-54)44-34-30-42(31-35-44)55(41-20-8-3-9-21-41)49-25-13-10-22-46(49)47-23-11-14-26-50(47)55/h1-37H/i3D,8D,9D,20D,21D. The van der Waals surface area contributed by atoms with Gasteiger partial charge in [-0.15, -0.1) is 0 Å². The maximum atomic E-state index is 9.39. The summed E-state index contributed by atoms with van der Waals surface area (Å²) in [6, 6.07) is 64.4. The summed E-state index contributed by atoms with van der Waals surface area (Å²) in [5, 5.41) is 1.98. The number of furan rings is 1. The predicted octanol–water partition coefficient (Wildman–Crippen LogP) is 14.8. The minimum Gasteiger partial charge on any atom is -0.455 e. The van der Waals surface area contributed by atoms with Crippen LogP contribution in [-0.4, -0.2) is 0 Å². The third-order valence-corrected chi connectivity index (χ3v) is 11.4. The van der Waals surface area contributed by atoms with Crippen molar-refractivity contribution in [2.45, 2.75) is 5.41 Å². The Morgan fingerprint density at radius 3 is 1.63 bits per heavy atom. The molecule has 0 atom stereocenters. The van der Waals surface area contributed by atoms with Crippen LogP contribution in [0, 0.1) is 0 Å². The molecule has 0 unspecified atom stereocenters. The predicted molar refractivity (Wildman–Crippen MR) is 237 cm³/mol. The summed E-state index contributed by atoms with van der Waals surface area (Å²) in [6.45, 7) is 0. The van der Waals surface area contributed by atoms with Crippen molar-refractivity contribution in [2.24, 2.45) is 0 Å². The zero-order chi connectivity index (χ0) is 42.1. The van der Waals surface area contributed by atoms with E-state index in [1.165, 1.54) is 0 Å². The minimum absolute atomic E-state index is 0.223. The second kappa shape index (κ2) is 13.4. The van der Waals surface area contributed by atoms with Gasteiger partial charge in [0, 0.05) is 22.3 Å². The third-order valence-electron chi connectivity index (χ3n) is 11.4. The summed E-state index contributed by atoms with van der Waals surface area (Å²) in [5.74, 6) is 0. The lowest BCUT2D eigenvalue weighted by molar-refractivity contribution is 0.670. The SMILES string of the molecule is [2H]c1c([2H])c([2H])c(C2(c3ccc(N(c4ccc(-c5ccccc5)cc4)c4ccc(-c5ccccc5)c5oc6ccccc6c45)cc3)c3ccccc3-c3ccccc32)c([2H])c1[2H]. The summed E-state index contributed by atoms with van der Waals surface area (Å²) < 4.78 is 51.7. The van der Waals surface area contributed by atoms with Crippen LogP contribution < -0.4 is 4.90 Å². The van der Waals surface area contributed by atoms with E-state index in [0.29, 0.717) is 0 Å². The molecule has 0 N–H and O–H groups in total. The first-order valence-electron chi connectivity index (χ1n) is 21.7. The van der Waals surface area contributed by atoms with Gasteiger partial charge in [-0.05, 0) is 92.5 Å². The molecule has 0 fully saturated rings. The maximum Gasteiger partial charge on any atom is 0.145 e. The van der Waals surface area contributed by atoms with Crippen LogP contribution in [0.3, 0.4) is 0 Å². The number of hydrogen-bond acceptors (Lipinski definition) is 2. The average Bonchev–Trinajstić information content (AvgIpc) is 3.86. The Bertz CT molecular complexity index is 3270. The van der Waals surface area contributed by atoms with Gasteiger partial charge in [-0.3, -0.25) is 0 Å². The molecule has 10 aromatic rings. The lowest BCUT2D eigenvalue weighted by Crippen LogP contribution is -2.28. The Labute approximate surface area is 339 Å². The van der Waals surface area contributed by atoms with Crippen LogP contribution in [0.5, 0.6) is 0 Å². The van der Waals surface area contributed by atoms with Crippen LogP contribution >= 0.6 is 0 Å². The van der Waals surface area contributed by atoms with Crippen molar-refractivity contribution in [3.8, 4) is 33.4 Å². The molecule has 2 nitrogen and oxygen atoms in total. The molecule has 268 valence electrons. The molecule has 11 rings (SSSR count). The fourth-order valence-corrected chi connectivity index (χ4v) is 8.96. The van der Waals surface area contributed by atoms with Crippen LogP contribution in [0.1, 0.15) is 29.1 Å². The van der Waals surface area contributed by atoms with Crippen molar-refractivity contribution < 1.29 is 11.3 Å². The van der Waals surface area contributed by atoms with E-state index in [1.54, 1.807) is 0 Å². The maximum absolute atomic E-state index is 9.39. The molecule has 0 radical (unpaired) electrons. The first-order valence-corrected chi connectivity index (χ1v) is 19.2. The number of fused-ring (bicyclic) bond motifs is 6. The summed E-state index contributed by atoms with van der Waals surface area (Å²) in [5.41, 5.74) is 12.1. The zero-order valence-corrected chi connectivity index (χ0v) is 30.8. The molecule has 57 heavy (non-hydrogen) atoms. The highest BCUT2D eigenvalue weighted by Gasteiger charge is 2.45. The first kappa shape index (κ1) is 28.1. The number of nitrogens with zero attached hydrogens (tertiary/aromatic N) is 1. The molecule has 0 amide bonds. The normalized spacial score (nSPS) is 13.9. The molecule has 0 bridgehead atoms. The molecule has 0 aliphatic heterocycles. The van der Waals surface area contributed by atoms with E-state index in [2.05, 4.69) is 108 Å². The molecule has 1 heterocycles. The van der Waals surface area contributed by atoms with Crippen LogP contribution in [0.25, 0.3) is 55.3 Å². The van der Waals surface area contributed by atoms with E-state index in [9.17, 15) is 2.74 Å². The summed E-state index contributed by atoms with van der Waals surface area (Å²) in [6.07, 6.45) is 0. The van der Waals surface area contributed by atoms with Crippen molar-refractivity contribution in [3.63, 3.8) is 0 Å². The molecular weight excluding hydrogens is 691 g/mol. The Kier molecular flexibility index (Phi) is 6.60. The number of anilines is 3. The monoisotopic (exact) mass is 732 g/mol. The van der Waals surface area contributed by atoms with E-state index < -0.39 is 11.5 Å². The molecule has 2 heteroatoms. The summed E-state index contributed by atoms with van der Waals surface area (Å²) in [7, 11) is 0. The van der Waals surface area contributed by atoms with E-state index in [-0.39, 0.29) is 29.7 Å². The van der Waals surface area contributed by atoms with Crippen molar-refractivity contribution in [3.05, 3.63) is 247 Å². The van der Waals surface area contributed by atoms with E-state index in [0.717, 1.165) is 89.1 Å². The number of rotatable bonds is 7. The minimum atomic E-state index is -1.22. The van der Waals surface area contributed by atoms with E-state index in [1.807, 2.05) is 91.0 Å². The third kappa shape index (κ3) is 5.18. The molecule has 0 saturated heterocycles. The highest BCUT2D eigenvalue weighted by molar-refractivity contribution is 6.17. The Morgan fingerprint density at radius 2 is 0.965 bits per heavy atom. The zero-order valence-electron chi connectivity index (χ0n) is 35.8. The highest BCUT2D eigenvalue weighted by atomic mass is 16.3. The van der Waals surface area contributed by atoms with Gasteiger partial charge in [0.2, 0.25) is 0 Å². The van der Waals surface area contributed by atoms with Gasteiger partial charge in [0.25, 0.3) is 0 Å². The smallest absolute Gasteiger partial charge is 0.145 e. The van der Waals surface area contributed by atoms with Gasteiger partial charge in [0.15, 0.2) is 0 Å². The number of hydrogen-bond donors (Lipinski definition) is 0. The van der Waals surface area contributed by atoms with E-state index >= 15 is 0 Å². The first-order chi connectivity index (χ1) is 30.4. The average molecular weight is 733 g/mol. The van der Waals surface area contributed by atoms with E-state index in [4.69, 9.17) is 8.53 Å². The molecule has 9 aromatic carbocycles. The lowest BCUT2D eigenvalue weighted by atomic mass is 9.68. The second-order valence-electron chi connectivity index (χ2n) is 14.4. The Hall–Kier alpha value is -7.42. The molecule has 0 saturated carbocycles. The number of para-hydroxylation sites is 1. The van der Waals surface area contributed by atoms with Crippen molar-refractivity contribution in [1.82, 2.24) is 0 Å². The van der Waals surface area contributed by atoms with Gasteiger partial charge in [-0.1, -0.05) is 182 Å². The molecule has 0 spiro atoms. The molecule has 1 aliphatic rings. The van der Waals surface area contributed by atoms with Gasteiger partial charge in [0.05, 0.1) is 23.3 Å². The van der Waals surface area contributed by atoms with Gasteiger partial charge < -0.3 is 9.32 Å². The quantitative estimate of drug-likeness (QED) is 0.162. The molecule has 1 aromatic heterocycles. The van der Waals surface area contributed by atoms with Crippen LogP contribution in [0.2, 0.25) is 0 Å². The summed E-state index contributed by atoms with van der Waals surface area (Å²) in [4.78, 5) is 2.26. The van der Waals surface area contributed by atoms with Gasteiger partial charge in [0.1, 0.15) is 11.2 Å². The second-order valence-corrected chi connectivity index (χ2v) is 14.4. The summed E-state index contributed by atoms with van der Waals surface area (Å²) >= 11 is 0. The van der Waals surface area contributed by atoms with Gasteiger partial charge >= 0.3 is 0 Å². The molecular formula is C55H37NO. The highest BCUT2D eigenvalue weighted by Crippen LogP contribution is 2.56. The van der Waals surface area contributed by atoms with Crippen LogP contribution in [-0.2, 0) is 5.41 Å². The Morgan fingerprint density at radius 1 is 0.421 bits per heavy atom. The van der Waals surface area contributed by atoms with Crippen LogP contribution in [0.4, 0.5) is 17.1 Å². The lowest BCUT2D eigenvalue weighted by Gasteiger charge is -2.34. The fraction of sp³-hybridized carbons (Fsp3) is 0.0182.